The van der Waals surface area contributed by atoms with E-state index in [1.54, 1.807) is 30.3 Å². The molecule has 19 heavy (non-hydrogen) atoms. The van der Waals surface area contributed by atoms with Crippen LogP contribution in [0, 0.1) is 0 Å². The minimum Gasteiger partial charge on any atom is -0.353 e. The molecule has 0 aromatic heterocycles. The predicted octanol–water partition coefficient (Wildman–Crippen LogP) is 0.975. The highest BCUT2D eigenvalue weighted by atomic mass is 16.2. The lowest BCUT2D eigenvalue weighted by Gasteiger charge is -2.13. The van der Waals surface area contributed by atoms with E-state index in [4.69, 9.17) is 0 Å². The highest BCUT2D eigenvalue weighted by Gasteiger charge is 2.34. The lowest BCUT2D eigenvalue weighted by atomic mass is 10.1. The Bertz CT molecular complexity index is 516. The first-order valence-electron chi connectivity index (χ1n) is 5.98. The van der Waals surface area contributed by atoms with Crippen molar-refractivity contribution in [1.82, 2.24) is 10.2 Å². The van der Waals surface area contributed by atoms with Gasteiger partial charge in [-0.2, -0.15) is 0 Å². The summed E-state index contributed by atoms with van der Waals surface area (Å²) in [4.78, 5) is 36.5. The largest absolute Gasteiger partial charge is 0.353 e. The summed E-state index contributed by atoms with van der Waals surface area (Å²) in [5.41, 5.74) is 0.804. The van der Waals surface area contributed by atoms with E-state index in [1.807, 2.05) is 0 Å². The molecule has 1 heterocycles. The molecular weight excluding hydrogens is 244 g/mol. The number of rotatable bonds is 5. The molecular formula is C14H14N2O3. The molecule has 0 unspecified atom stereocenters. The summed E-state index contributed by atoms with van der Waals surface area (Å²) in [6.07, 6.45) is 1.67. The fraction of sp³-hybridized carbons (Fsp3) is 0.214. The predicted molar refractivity (Wildman–Crippen MR) is 69.6 cm³/mol. The van der Waals surface area contributed by atoms with E-state index in [-0.39, 0.29) is 30.7 Å². The second-order valence-electron chi connectivity index (χ2n) is 4.15. The smallest absolute Gasteiger partial charge is 0.261 e. The topological polar surface area (TPSA) is 66.5 Å². The summed E-state index contributed by atoms with van der Waals surface area (Å²) >= 11 is 0. The number of hydrogen-bond donors (Lipinski definition) is 1. The van der Waals surface area contributed by atoms with Gasteiger partial charge in [0.15, 0.2) is 0 Å². The molecule has 1 aliphatic rings. The third-order valence-corrected chi connectivity index (χ3v) is 2.88. The normalized spacial score (nSPS) is 13.4. The van der Waals surface area contributed by atoms with Crippen LogP contribution in [0.1, 0.15) is 27.1 Å². The van der Waals surface area contributed by atoms with Gasteiger partial charge in [-0.3, -0.25) is 19.3 Å². The van der Waals surface area contributed by atoms with Gasteiger partial charge >= 0.3 is 0 Å². The zero-order chi connectivity index (χ0) is 13.8. The molecule has 1 aromatic carbocycles. The fourth-order valence-corrected chi connectivity index (χ4v) is 1.93. The van der Waals surface area contributed by atoms with Crippen molar-refractivity contribution in [2.75, 3.05) is 13.1 Å². The number of nitrogens with zero attached hydrogens (tertiary/aromatic N) is 1. The first kappa shape index (κ1) is 13.0. The second-order valence-corrected chi connectivity index (χ2v) is 4.15. The van der Waals surface area contributed by atoms with Crippen LogP contribution in [-0.4, -0.2) is 35.7 Å². The van der Waals surface area contributed by atoms with Gasteiger partial charge in [0.2, 0.25) is 5.91 Å². The first-order chi connectivity index (χ1) is 9.15. The van der Waals surface area contributed by atoms with Crippen molar-refractivity contribution in [1.29, 1.82) is 0 Å². The van der Waals surface area contributed by atoms with Crippen LogP contribution < -0.4 is 5.32 Å². The van der Waals surface area contributed by atoms with Gasteiger partial charge in [-0.15, -0.1) is 6.58 Å². The third-order valence-electron chi connectivity index (χ3n) is 2.88. The summed E-state index contributed by atoms with van der Waals surface area (Å²) in [6.45, 7) is 3.96. The Morgan fingerprint density at radius 2 is 1.79 bits per heavy atom. The molecule has 0 aliphatic carbocycles. The summed E-state index contributed by atoms with van der Waals surface area (Å²) in [5, 5.41) is 2.60. The molecule has 0 radical (unpaired) electrons. The van der Waals surface area contributed by atoms with Gasteiger partial charge in [-0.05, 0) is 12.1 Å². The number of hydrogen-bond acceptors (Lipinski definition) is 3. The summed E-state index contributed by atoms with van der Waals surface area (Å²) in [5.74, 6) is -0.884. The van der Waals surface area contributed by atoms with E-state index >= 15 is 0 Å². The Morgan fingerprint density at radius 1 is 1.21 bits per heavy atom. The Hall–Kier alpha value is -2.43. The molecule has 5 heteroatoms. The highest BCUT2D eigenvalue weighted by Crippen LogP contribution is 2.22. The molecule has 2 rings (SSSR count). The minimum absolute atomic E-state index is 0.0926. The Kier molecular flexibility index (Phi) is 3.75. The van der Waals surface area contributed by atoms with Crippen LogP contribution in [0.15, 0.2) is 36.9 Å². The monoisotopic (exact) mass is 258 g/mol. The SMILES string of the molecule is C=CCNC(=O)CCN1C(=O)c2ccccc2C1=O. The van der Waals surface area contributed by atoms with Crippen molar-refractivity contribution in [2.24, 2.45) is 0 Å². The molecule has 0 saturated heterocycles. The maximum atomic E-state index is 12.0. The molecule has 3 amide bonds. The second kappa shape index (κ2) is 5.48. The van der Waals surface area contributed by atoms with Gasteiger partial charge in [-0.1, -0.05) is 18.2 Å². The van der Waals surface area contributed by atoms with Crippen molar-refractivity contribution in [3.63, 3.8) is 0 Å². The van der Waals surface area contributed by atoms with E-state index in [1.165, 1.54) is 0 Å². The maximum absolute atomic E-state index is 12.0. The number of benzene rings is 1. The van der Waals surface area contributed by atoms with Crippen LogP contribution in [0.5, 0.6) is 0 Å². The zero-order valence-electron chi connectivity index (χ0n) is 10.4. The number of carbonyl (C=O) groups excluding carboxylic acids is 3. The quantitative estimate of drug-likeness (QED) is 0.632. The molecule has 98 valence electrons. The van der Waals surface area contributed by atoms with Crippen LogP contribution in [0.3, 0.4) is 0 Å². The van der Waals surface area contributed by atoms with Crippen molar-refractivity contribution >= 4 is 17.7 Å². The van der Waals surface area contributed by atoms with E-state index in [9.17, 15) is 14.4 Å². The van der Waals surface area contributed by atoms with Gasteiger partial charge < -0.3 is 5.32 Å². The molecule has 5 nitrogen and oxygen atoms in total. The summed E-state index contributed by atoms with van der Waals surface area (Å²) in [7, 11) is 0. The molecule has 0 saturated carbocycles. The van der Waals surface area contributed by atoms with Crippen molar-refractivity contribution < 1.29 is 14.4 Å². The number of carbonyl (C=O) groups is 3. The molecule has 0 bridgehead atoms. The van der Waals surface area contributed by atoms with E-state index in [0.29, 0.717) is 17.7 Å². The van der Waals surface area contributed by atoms with E-state index in [0.717, 1.165) is 4.90 Å². The highest BCUT2D eigenvalue weighted by molar-refractivity contribution is 6.21. The number of fused-ring (bicyclic) bond motifs is 1. The molecule has 0 spiro atoms. The molecule has 1 aromatic rings. The van der Waals surface area contributed by atoms with E-state index in [2.05, 4.69) is 11.9 Å². The van der Waals surface area contributed by atoms with Crippen LogP contribution in [0.25, 0.3) is 0 Å². The zero-order valence-corrected chi connectivity index (χ0v) is 10.4. The molecule has 0 atom stereocenters. The van der Waals surface area contributed by atoms with Gasteiger partial charge in [0.1, 0.15) is 0 Å². The van der Waals surface area contributed by atoms with Crippen molar-refractivity contribution in [3.8, 4) is 0 Å². The van der Waals surface area contributed by atoms with Crippen LogP contribution in [0.2, 0.25) is 0 Å². The number of nitrogens with one attached hydrogen (secondary N) is 1. The van der Waals surface area contributed by atoms with Crippen LogP contribution in [0.4, 0.5) is 0 Å². The minimum atomic E-state index is -0.336. The van der Waals surface area contributed by atoms with Gasteiger partial charge in [-0.25, -0.2) is 0 Å². The summed E-state index contributed by atoms with van der Waals surface area (Å²) in [6, 6.07) is 6.66. The van der Waals surface area contributed by atoms with E-state index < -0.39 is 0 Å². The molecule has 0 fully saturated rings. The van der Waals surface area contributed by atoms with Crippen molar-refractivity contribution in [3.05, 3.63) is 48.0 Å². The number of amides is 3. The van der Waals surface area contributed by atoms with Crippen LogP contribution >= 0.6 is 0 Å². The summed E-state index contributed by atoms with van der Waals surface area (Å²) < 4.78 is 0. The maximum Gasteiger partial charge on any atom is 0.261 e. The molecule has 1 aliphatic heterocycles. The first-order valence-corrected chi connectivity index (χ1v) is 5.98. The Balaban J connectivity index is 2.00. The Labute approximate surface area is 110 Å². The third kappa shape index (κ3) is 2.54. The standard InChI is InChI=1S/C14H14N2O3/c1-2-8-15-12(17)7-9-16-13(18)10-5-3-4-6-11(10)14(16)19/h2-6H,1,7-9H2,(H,15,17). The average Bonchev–Trinajstić information content (AvgIpc) is 2.67. The van der Waals surface area contributed by atoms with Gasteiger partial charge in [0.05, 0.1) is 11.1 Å². The Morgan fingerprint density at radius 3 is 2.32 bits per heavy atom. The van der Waals surface area contributed by atoms with Gasteiger partial charge in [0.25, 0.3) is 11.8 Å². The van der Waals surface area contributed by atoms with Gasteiger partial charge in [0, 0.05) is 19.5 Å². The van der Waals surface area contributed by atoms with Crippen LogP contribution in [-0.2, 0) is 4.79 Å². The number of imide groups is 1. The molecule has 1 N–H and O–H groups in total. The average molecular weight is 258 g/mol. The van der Waals surface area contributed by atoms with Crippen molar-refractivity contribution in [2.45, 2.75) is 6.42 Å². The fourth-order valence-electron chi connectivity index (χ4n) is 1.93. The lowest BCUT2D eigenvalue weighted by molar-refractivity contribution is -0.120. The lowest BCUT2D eigenvalue weighted by Crippen LogP contribution is -2.34.